The molecular weight excluding hydrogens is 585 g/mol. The van der Waals surface area contributed by atoms with Gasteiger partial charge in [0.25, 0.3) is 0 Å². The lowest BCUT2D eigenvalue weighted by molar-refractivity contribution is -0.0515. The summed E-state index contributed by atoms with van der Waals surface area (Å²) in [5.41, 5.74) is 0.952. The maximum absolute atomic E-state index is 13.2. The van der Waals surface area contributed by atoms with Crippen molar-refractivity contribution < 1.29 is 37.3 Å². The number of alkyl halides is 2. The van der Waals surface area contributed by atoms with Crippen molar-refractivity contribution >= 4 is 40.3 Å². The van der Waals surface area contributed by atoms with Gasteiger partial charge < -0.3 is 23.7 Å². The molecule has 1 fully saturated rings. The number of halogens is 4. The topological polar surface area (TPSA) is 63.2 Å². The number of rotatable bonds is 14. The highest BCUT2D eigenvalue weighted by atomic mass is 35.5. The molecule has 2 aromatic carbocycles. The van der Waals surface area contributed by atoms with Gasteiger partial charge in [0.15, 0.2) is 11.5 Å². The van der Waals surface area contributed by atoms with Crippen molar-refractivity contribution in [1.82, 2.24) is 0 Å². The fourth-order valence-electron chi connectivity index (χ4n) is 3.63. The fraction of sp³-hybridized carbons (Fsp3) is 0.345. The molecule has 1 aliphatic carbocycles. The van der Waals surface area contributed by atoms with E-state index in [1.807, 2.05) is 0 Å². The largest absolute Gasteiger partial charge is 0.497 e. The van der Waals surface area contributed by atoms with E-state index < -0.39 is 18.0 Å². The second-order valence-electron chi connectivity index (χ2n) is 8.69. The van der Waals surface area contributed by atoms with Crippen molar-refractivity contribution in [2.24, 2.45) is 5.92 Å². The molecule has 0 radical (unpaired) electrons. The number of hydrogen-bond acceptors (Lipinski definition) is 7. The maximum atomic E-state index is 13.2. The van der Waals surface area contributed by atoms with Crippen molar-refractivity contribution in [1.29, 1.82) is 0 Å². The molecule has 0 amide bonds. The second kappa shape index (κ2) is 15.2. The first-order chi connectivity index (χ1) is 19.2. The quantitative estimate of drug-likeness (QED) is 0.119. The molecule has 0 heterocycles. The van der Waals surface area contributed by atoms with Crippen LogP contribution < -0.4 is 18.9 Å². The van der Waals surface area contributed by atoms with Gasteiger partial charge in [0, 0.05) is 22.6 Å². The monoisotopic (exact) mass is 614 g/mol. The van der Waals surface area contributed by atoms with Gasteiger partial charge in [0.1, 0.15) is 17.6 Å². The Bertz CT molecular complexity index is 1260. The van der Waals surface area contributed by atoms with Crippen LogP contribution in [0.5, 0.6) is 23.0 Å². The van der Waals surface area contributed by atoms with Gasteiger partial charge in [-0.05, 0) is 72.8 Å². The number of hydrogen-bond donors (Lipinski definition) is 0. The van der Waals surface area contributed by atoms with E-state index >= 15 is 0 Å². The van der Waals surface area contributed by atoms with Gasteiger partial charge in [-0.2, -0.15) is 8.78 Å². The molecule has 40 heavy (non-hydrogen) atoms. The van der Waals surface area contributed by atoms with Gasteiger partial charge in [0.05, 0.1) is 25.7 Å². The first-order valence-electron chi connectivity index (χ1n) is 12.3. The van der Waals surface area contributed by atoms with Crippen LogP contribution in [0.1, 0.15) is 37.9 Å². The van der Waals surface area contributed by atoms with E-state index in [4.69, 9.17) is 42.1 Å². The molecule has 0 aromatic heterocycles. The molecule has 0 saturated heterocycles. The molecular formula is C29H30Cl2F2O6S. The molecule has 0 unspecified atom stereocenters. The summed E-state index contributed by atoms with van der Waals surface area (Å²) in [5, 5.41) is -0.0257. The van der Waals surface area contributed by atoms with Crippen molar-refractivity contribution in [3.05, 3.63) is 76.3 Å². The molecule has 1 atom stereocenters. The summed E-state index contributed by atoms with van der Waals surface area (Å²) in [6.07, 6.45) is 4.24. The van der Waals surface area contributed by atoms with Gasteiger partial charge in [-0.3, -0.25) is 0 Å². The van der Waals surface area contributed by atoms with Crippen LogP contribution in [0.3, 0.4) is 0 Å². The maximum Gasteiger partial charge on any atom is 0.387 e. The first-order valence-corrected chi connectivity index (χ1v) is 13.9. The van der Waals surface area contributed by atoms with E-state index in [2.05, 4.69) is 11.3 Å². The van der Waals surface area contributed by atoms with E-state index in [9.17, 15) is 13.6 Å². The van der Waals surface area contributed by atoms with E-state index in [-0.39, 0.29) is 23.0 Å². The minimum atomic E-state index is -3.03. The standard InChI is InChI=1S/C29H30Cl2F2O6S/c1-5-21(30)20(22(31)6-2)15-24(39-29(34)40-27-12-10-19(35-3)14-26(27)36-4)18-9-11-23(38-28(32)33)25(13-18)37-16-17-7-8-17/h5-6,9-14,17,24,28H,1,7-8,15-16H2,2-4H3/b21-20+,22-6+/t24-/m0/s1. The lowest BCUT2D eigenvalue weighted by Gasteiger charge is -2.22. The average molecular weight is 616 g/mol. The zero-order valence-corrected chi connectivity index (χ0v) is 24.6. The molecule has 216 valence electrons. The van der Waals surface area contributed by atoms with Crippen LogP contribution >= 0.6 is 35.0 Å². The number of thioether (sulfide) groups is 1. The highest BCUT2D eigenvalue weighted by molar-refractivity contribution is 8.13. The third kappa shape index (κ3) is 9.08. The zero-order valence-electron chi connectivity index (χ0n) is 22.3. The summed E-state index contributed by atoms with van der Waals surface area (Å²) < 4.78 is 53.1. The number of carbonyl (C=O) groups excluding carboxylic acids is 1. The van der Waals surface area contributed by atoms with Crippen LogP contribution in [0.15, 0.2) is 75.7 Å². The van der Waals surface area contributed by atoms with Crippen molar-refractivity contribution in [2.45, 2.75) is 43.8 Å². The summed E-state index contributed by atoms with van der Waals surface area (Å²) in [6.45, 7) is 2.77. The highest BCUT2D eigenvalue weighted by Gasteiger charge is 2.26. The summed E-state index contributed by atoms with van der Waals surface area (Å²) in [6, 6.07) is 9.43. The third-order valence-electron chi connectivity index (χ3n) is 5.93. The Morgan fingerprint density at radius 1 is 1.10 bits per heavy atom. The van der Waals surface area contributed by atoms with Crippen LogP contribution in [0.4, 0.5) is 13.6 Å². The normalized spacial score (nSPS) is 14.8. The number of ether oxygens (including phenoxy) is 5. The van der Waals surface area contributed by atoms with Crippen molar-refractivity contribution in [2.75, 3.05) is 20.8 Å². The number of benzene rings is 2. The Morgan fingerprint density at radius 2 is 1.85 bits per heavy atom. The predicted octanol–water partition coefficient (Wildman–Crippen LogP) is 9.28. The minimum Gasteiger partial charge on any atom is -0.497 e. The predicted molar refractivity (Wildman–Crippen MR) is 153 cm³/mol. The van der Waals surface area contributed by atoms with E-state index in [1.54, 1.807) is 31.2 Å². The first kappa shape index (κ1) is 31.6. The van der Waals surface area contributed by atoms with Gasteiger partial charge in [0.2, 0.25) is 0 Å². The lowest BCUT2D eigenvalue weighted by atomic mass is 9.99. The van der Waals surface area contributed by atoms with Crippen LogP contribution in [-0.4, -0.2) is 32.7 Å². The van der Waals surface area contributed by atoms with Crippen LogP contribution in [0, 0.1) is 5.92 Å². The Kier molecular flexibility index (Phi) is 12.0. The SMILES string of the molecule is C=C/C(Cl)=C(C[C@H](OC(=O)Sc1ccc(OC)cc1OC)c1ccc(OC(F)F)c(OCC2CC2)c1)\C(Cl)=C/C. The molecule has 6 nitrogen and oxygen atoms in total. The van der Waals surface area contributed by atoms with Gasteiger partial charge in [-0.15, -0.1) is 0 Å². The van der Waals surface area contributed by atoms with Crippen LogP contribution in [0.25, 0.3) is 0 Å². The number of carbonyl (C=O) groups is 1. The van der Waals surface area contributed by atoms with Gasteiger partial charge >= 0.3 is 11.9 Å². The lowest BCUT2D eigenvalue weighted by Crippen LogP contribution is -2.11. The molecule has 1 saturated carbocycles. The molecule has 2 aromatic rings. The number of methoxy groups -OCH3 is 2. The Labute approximate surface area is 246 Å². The highest BCUT2D eigenvalue weighted by Crippen LogP contribution is 2.41. The number of allylic oxidation sites excluding steroid dienone is 4. The summed E-state index contributed by atoms with van der Waals surface area (Å²) in [5.74, 6) is 1.35. The van der Waals surface area contributed by atoms with Gasteiger partial charge in [-0.1, -0.05) is 48.0 Å². The van der Waals surface area contributed by atoms with Gasteiger partial charge in [-0.25, -0.2) is 4.79 Å². The molecule has 0 aliphatic heterocycles. The van der Waals surface area contributed by atoms with Crippen molar-refractivity contribution in [3.8, 4) is 23.0 Å². The molecule has 11 heteroatoms. The van der Waals surface area contributed by atoms with E-state index in [0.29, 0.717) is 45.1 Å². The molecule has 0 N–H and O–H groups in total. The Balaban J connectivity index is 1.97. The fourth-order valence-corrected chi connectivity index (χ4v) is 4.76. The molecule has 3 rings (SSSR count). The Hall–Kier alpha value is -2.88. The van der Waals surface area contributed by atoms with Crippen LogP contribution in [-0.2, 0) is 4.74 Å². The molecule has 1 aliphatic rings. The summed E-state index contributed by atoms with van der Waals surface area (Å²) in [7, 11) is 3.00. The van der Waals surface area contributed by atoms with E-state index in [0.717, 1.165) is 24.6 Å². The average Bonchev–Trinajstić information content (AvgIpc) is 3.78. The second-order valence-corrected chi connectivity index (χ2v) is 10.5. The smallest absolute Gasteiger partial charge is 0.387 e. The Morgan fingerprint density at radius 3 is 2.45 bits per heavy atom. The van der Waals surface area contributed by atoms with Crippen molar-refractivity contribution in [3.63, 3.8) is 0 Å². The van der Waals surface area contributed by atoms with E-state index in [1.165, 1.54) is 38.5 Å². The minimum absolute atomic E-state index is 0.0667. The summed E-state index contributed by atoms with van der Waals surface area (Å²) >= 11 is 13.7. The zero-order chi connectivity index (χ0) is 29.2. The third-order valence-corrected chi connectivity index (χ3v) is 7.58. The summed E-state index contributed by atoms with van der Waals surface area (Å²) in [4.78, 5) is 13.7. The molecule has 0 bridgehead atoms. The molecule has 0 spiro atoms. The van der Waals surface area contributed by atoms with Crippen LogP contribution in [0.2, 0.25) is 0 Å².